The summed E-state index contributed by atoms with van der Waals surface area (Å²) >= 11 is 8.54. The van der Waals surface area contributed by atoms with Gasteiger partial charge < -0.3 is 5.32 Å². The number of anilines is 1. The first-order chi connectivity index (χ1) is 9.77. The molecule has 0 spiro atoms. The highest BCUT2D eigenvalue weighted by molar-refractivity contribution is 8.13. The van der Waals surface area contributed by atoms with Gasteiger partial charge in [-0.15, -0.1) is 0 Å². The normalized spacial score (nSPS) is 18.0. The van der Waals surface area contributed by atoms with Gasteiger partial charge in [0.15, 0.2) is 5.12 Å². The van der Waals surface area contributed by atoms with Crippen molar-refractivity contribution in [2.75, 3.05) is 11.1 Å². The molecule has 2 rings (SSSR count). The predicted octanol–water partition coefficient (Wildman–Crippen LogP) is 2.01. The Balaban J connectivity index is 2.12. The highest BCUT2D eigenvalue weighted by Crippen LogP contribution is 2.36. The van der Waals surface area contributed by atoms with Crippen LogP contribution < -0.4 is 15.2 Å². The summed E-state index contributed by atoms with van der Waals surface area (Å²) in [4.78, 5) is 11.5. The van der Waals surface area contributed by atoms with Gasteiger partial charge in [0.2, 0.25) is 10.0 Å². The van der Waals surface area contributed by atoms with Gasteiger partial charge >= 0.3 is 0 Å². The number of sulfonamides is 1. The van der Waals surface area contributed by atoms with E-state index in [9.17, 15) is 13.2 Å². The summed E-state index contributed by atoms with van der Waals surface area (Å²) in [6, 6.07) is 2.99. The number of nitrogens with two attached hydrogens (primary N) is 1. The molecule has 0 saturated heterocycles. The number of nitrogens with one attached hydrogen (secondary N) is 2. The molecule has 4 N–H and O–H groups in total. The minimum absolute atomic E-state index is 0.0225. The number of carbonyl (C=O) groups excluding carboxylic acids is 1. The Morgan fingerprint density at radius 2 is 2.24 bits per heavy atom. The molecule has 1 aliphatic rings. The van der Waals surface area contributed by atoms with E-state index in [2.05, 4.69) is 10.0 Å². The maximum Gasteiger partial charge on any atom is 0.239 e. The van der Waals surface area contributed by atoms with Gasteiger partial charge in [-0.1, -0.05) is 23.4 Å². The molecule has 1 heterocycles. The highest BCUT2D eigenvalue weighted by atomic mass is 35.5. The third kappa shape index (κ3) is 4.51. The van der Waals surface area contributed by atoms with Crippen LogP contribution in [-0.4, -0.2) is 25.5 Å². The van der Waals surface area contributed by atoms with E-state index in [1.165, 1.54) is 36.7 Å². The van der Waals surface area contributed by atoms with Crippen molar-refractivity contribution in [3.05, 3.63) is 17.2 Å². The zero-order chi connectivity index (χ0) is 15.6. The molecular weight excluding hydrogens is 354 g/mol. The number of primary sulfonamides is 1. The van der Waals surface area contributed by atoms with Gasteiger partial charge in [-0.05, 0) is 30.5 Å². The minimum atomic E-state index is -3.85. The lowest BCUT2D eigenvalue weighted by molar-refractivity contribution is -0.109. The van der Waals surface area contributed by atoms with Gasteiger partial charge in [-0.2, -0.15) is 0 Å². The summed E-state index contributed by atoms with van der Waals surface area (Å²) in [5, 5.41) is 8.50. The van der Waals surface area contributed by atoms with Crippen LogP contribution in [-0.2, 0) is 14.8 Å². The molecule has 116 valence electrons. The molecular formula is C11H14ClN3O3S3. The lowest BCUT2D eigenvalue weighted by Gasteiger charge is -2.27. The van der Waals surface area contributed by atoms with Crippen LogP contribution in [0.3, 0.4) is 0 Å². The van der Waals surface area contributed by atoms with E-state index < -0.39 is 10.0 Å². The number of hydrogen-bond donors (Lipinski definition) is 3. The van der Waals surface area contributed by atoms with E-state index >= 15 is 0 Å². The average molecular weight is 368 g/mol. The van der Waals surface area contributed by atoms with Crippen molar-refractivity contribution in [1.29, 1.82) is 0 Å². The smallest absolute Gasteiger partial charge is 0.239 e. The monoisotopic (exact) mass is 367 g/mol. The molecule has 6 nitrogen and oxygen atoms in total. The van der Waals surface area contributed by atoms with Gasteiger partial charge in [-0.3, -0.25) is 4.79 Å². The summed E-state index contributed by atoms with van der Waals surface area (Å²) in [5.74, 6) is 0.693. The molecule has 0 aromatic heterocycles. The Hall–Kier alpha value is -0.450. The standard InChI is InChI=1S/C11H14ClN3O3S3/c1-6(16)19-3-2-11-14-8-4-7(12)10(21(13,17)18)5-9(8)20-15-11/h4-5,11,14-15H,2-3H2,1H3,(H2,13,17,18). The Morgan fingerprint density at radius 3 is 2.86 bits per heavy atom. The van der Waals surface area contributed by atoms with Crippen LogP contribution >= 0.6 is 35.3 Å². The molecule has 1 aliphatic heterocycles. The van der Waals surface area contributed by atoms with Crippen molar-refractivity contribution < 1.29 is 13.2 Å². The Kier molecular flexibility index (Phi) is 5.44. The molecule has 0 fully saturated rings. The first-order valence-corrected chi connectivity index (χ1v) is 9.68. The fraction of sp³-hybridized carbons (Fsp3) is 0.364. The third-order valence-corrected chi connectivity index (χ3v) is 5.88. The number of rotatable bonds is 4. The van der Waals surface area contributed by atoms with Crippen molar-refractivity contribution in [3.8, 4) is 0 Å². The largest absolute Gasteiger partial charge is 0.368 e. The Labute approximate surface area is 136 Å². The Bertz CT molecular complexity index is 666. The molecule has 0 aliphatic carbocycles. The fourth-order valence-electron chi connectivity index (χ4n) is 1.75. The third-order valence-electron chi connectivity index (χ3n) is 2.69. The maximum absolute atomic E-state index is 11.4. The molecule has 1 aromatic carbocycles. The zero-order valence-corrected chi connectivity index (χ0v) is 14.3. The van der Waals surface area contributed by atoms with Crippen LogP contribution in [0.15, 0.2) is 21.9 Å². The summed E-state index contributed by atoms with van der Waals surface area (Å²) in [7, 11) is -3.85. The minimum Gasteiger partial charge on any atom is -0.368 e. The van der Waals surface area contributed by atoms with E-state index in [0.717, 1.165) is 12.1 Å². The summed E-state index contributed by atoms with van der Waals surface area (Å²) in [5.41, 5.74) is 0.744. The van der Waals surface area contributed by atoms with Crippen molar-refractivity contribution in [1.82, 2.24) is 4.72 Å². The number of fused-ring (bicyclic) bond motifs is 1. The van der Waals surface area contributed by atoms with E-state index in [-0.39, 0.29) is 21.2 Å². The van der Waals surface area contributed by atoms with Gasteiger partial charge in [0.1, 0.15) is 4.90 Å². The van der Waals surface area contributed by atoms with Crippen LogP contribution in [0, 0.1) is 0 Å². The number of thioether (sulfide) groups is 1. The van der Waals surface area contributed by atoms with Crippen molar-refractivity contribution >= 4 is 56.1 Å². The van der Waals surface area contributed by atoms with E-state index in [4.69, 9.17) is 16.7 Å². The maximum atomic E-state index is 11.4. The summed E-state index contributed by atoms with van der Waals surface area (Å²) < 4.78 is 26.0. The number of hydrogen-bond acceptors (Lipinski definition) is 7. The second-order valence-electron chi connectivity index (χ2n) is 4.37. The van der Waals surface area contributed by atoms with Gasteiger partial charge in [0.25, 0.3) is 0 Å². The van der Waals surface area contributed by atoms with Gasteiger partial charge in [0.05, 0.1) is 16.9 Å². The van der Waals surface area contributed by atoms with Crippen molar-refractivity contribution in [2.45, 2.75) is 29.3 Å². The lowest BCUT2D eigenvalue weighted by atomic mass is 10.3. The van der Waals surface area contributed by atoms with Crippen LogP contribution in [0.5, 0.6) is 0 Å². The van der Waals surface area contributed by atoms with Gasteiger partial charge in [0, 0.05) is 17.6 Å². The quantitative estimate of drug-likeness (QED) is 0.699. The molecule has 0 amide bonds. The van der Waals surface area contributed by atoms with Crippen molar-refractivity contribution in [3.63, 3.8) is 0 Å². The van der Waals surface area contributed by atoms with Crippen LogP contribution in [0.1, 0.15) is 13.3 Å². The first-order valence-electron chi connectivity index (χ1n) is 5.96. The van der Waals surface area contributed by atoms with E-state index in [1.54, 1.807) is 6.07 Å². The second-order valence-corrected chi connectivity index (χ2v) is 8.46. The molecule has 21 heavy (non-hydrogen) atoms. The van der Waals surface area contributed by atoms with E-state index in [0.29, 0.717) is 10.6 Å². The SMILES string of the molecule is CC(=O)SCCC1NSc2cc(S(N)(=O)=O)c(Cl)cc2N1. The predicted molar refractivity (Wildman–Crippen MR) is 87.0 cm³/mol. The number of carbonyl (C=O) groups is 1. The highest BCUT2D eigenvalue weighted by Gasteiger charge is 2.22. The molecule has 1 unspecified atom stereocenters. The van der Waals surface area contributed by atoms with Crippen LogP contribution in [0.25, 0.3) is 0 Å². The first kappa shape index (κ1) is 16.9. The molecule has 1 aromatic rings. The van der Waals surface area contributed by atoms with Gasteiger partial charge in [-0.25, -0.2) is 18.3 Å². The second kappa shape index (κ2) is 6.76. The van der Waals surface area contributed by atoms with Crippen LogP contribution in [0.4, 0.5) is 5.69 Å². The molecule has 0 bridgehead atoms. The molecule has 10 heteroatoms. The number of benzene rings is 1. The molecule has 1 atom stereocenters. The molecule has 0 saturated carbocycles. The zero-order valence-electron chi connectivity index (χ0n) is 11.1. The van der Waals surface area contributed by atoms with Crippen LogP contribution in [0.2, 0.25) is 5.02 Å². The average Bonchev–Trinajstić information content (AvgIpc) is 2.36. The summed E-state index contributed by atoms with van der Waals surface area (Å²) in [6.45, 7) is 1.53. The number of halogens is 1. The molecule has 0 radical (unpaired) electrons. The Morgan fingerprint density at radius 1 is 1.52 bits per heavy atom. The van der Waals surface area contributed by atoms with Crippen molar-refractivity contribution in [2.24, 2.45) is 5.14 Å². The van der Waals surface area contributed by atoms with E-state index in [1.807, 2.05) is 0 Å². The lowest BCUT2D eigenvalue weighted by Crippen LogP contribution is -2.35. The topological polar surface area (TPSA) is 101 Å². The fourth-order valence-corrected chi connectivity index (χ4v) is 4.42. The summed E-state index contributed by atoms with van der Waals surface area (Å²) in [6.07, 6.45) is 0.719.